The monoisotopic (exact) mass is 254 g/mol. The Balaban J connectivity index is 2.64. The van der Waals surface area contributed by atoms with Crippen molar-refractivity contribution in [2.24, 2.45) is 0 Å². The summed E-state index contributed by atoms with van der Waals surface area (Å²) in [7, 11) is 3.93. The molecule has 96 valence electrons. The summed E-state index contributed by atoms with van der Waals surface area (Å²) in [5.41, 5.74) is 1.28. The molecule has 0 radical (unpaired) electrons. The lowest BCUT2D eigenvalue weighted by Crippen LogP contribution is -2.29. The minimum atomic E-state index is -0.450. The molecule has 1 aromatic heterocycles. The van der Waals surface area contributed by atoms with Crippen molar-refractivity contribution in [2.45, 2.75) is 0 Å². The van der Waals surface area contributed by atoms with Crippen molar-refractivity contribution in [1.29, 1.82) is 0 Å². The van der Waals surface area contributed by atoms with Gasteiger partial charge in [0.1, 0.15) is 0 Å². The molecule has 0 aliphatic heterocycles. The van der Waals surface area contributed by atoms with Crippen LogP contribution >= 0.6 is 0 Å². The van der Waals surface area contributed by atoms with E-state index in [2.05, 4.69) is 4.98 Å². The molecule has 0 aliphatic carbocycles. The number of rotatable bonds is 1. The predicted octanol–water partition coefficient (Wildman–Crippen LogP) is 1.33. The van der Waals surface area contributed by atoms with Crippen LogP contribution in [0.3, 0.4) is 0 Å². The lowest BCUT2D eigenvalue weighted by Gasteiger charge is -2.17. The van der Waals surface area contributed by atoms with E-state index in [1.807, 2.05) is 49.3 Å². The van der Waals surface area contributed by atoms with Crippen molar-refractivity contribution in [3.63, 3.8) is 0 Å². The summed E-state index contributed by atoms with van der Waals surface area (Å²) >= 11 is 0. The molecule has 0 atom stereocenters. The second kappa shape index (κ2) is 3.98. The first-order valence-electron chi connectivity index (χ1n) is 5.95. The third kappa shape index (κ3) is 1.62. The molecule has 0 fully saturated rings. The van der Waals surface area contributed by atoms with Crippen molar-refractivity contribution in [3.05, 3.63) is 47.0 Å². The van der Waals surface area contributed by atoms with E-state index < -0.39 is 5.69 Å². The van der Waals surface area contributed by atoms with Gasteiger partial charge in [0.2, 0.25) is 0 Å². The van der Waals surface area contributed by atoms with Crippen LogP contribution < -0.4 is 16.4 Å². The molecule has 0 bridgehead atoms. The summed E-state index contributed by atoms with van der Waals surface area (Å²) in [5.74, 6) is 5.88. The van der Waals surface area contributed by atoms with Gasteiger partial charge in [-0.1, -0.05) is 24.3 Å². The van der Waals surface area contributed by atoms with Gasteiger partial charge in [-0.05, 0) is 11.5 Å². The van der Waals surface area contributed by atoms with E-state index in [9.17, 15) is 4.79 Å². The Morgan fingerprint density at radius 1 is 1.16 bits per heavy atom. The van der Waals surface area contributed by atoms with E-state index in [0.29, 0.717) is 5.52 Å². The molecule has 3 rings (SSSR count). The molecule has 0 amide bonds. The van der Waals surface area contributed by atoms with Gasteiger partial charge in [0.05, 0.1) is 5.52 Å². The smallest absolute Gasteiger partial charge is 0.366 e. The summed E-state index contributed by atoms with van der Waals surface area (Å²) in [6.45, 7) is 0. The second-order valence-corrected chi connectivity index (χ2v) is 4.68. The third-order valence-corrected chi connectivity index (χ3v) is 3.27. The first-order valence-corrected chi connectivity index (χ1v) is 5.95. The number of nitrogens with two attached hydrogens (primary N) is 1. The molecule has 5 heteroatoms. The van der Waals surface area contributed by atoms with Gasteiger partial charge in [-0.3, -0.25) is 0 Å². The predicted molar refractivity (Wildman–Crippen MR) is 78.0 cm³/mol. The molecular formula is C14H14N4O. The fraction of sp³-hybridized carbons (Fsp3) is 0.143. The topological polar surface area (TPSA) is 64.2 Å². The molecule has 5 nitrogen and oxygen atoms in total. The van der Waals surface area contributed by atoms with Crippen molar-refractivity contribution < 1.29 is 0 Å². The zero-order valence-electron chi connectivity index (χ0n) is 10.8. The Morgan fingerprint density at radius 2 is 1.89 bits per heavy atom. The van der Waals surface area contributed by atoms with Gasteiger partial charge in [0.15, 0.2) is 0 Å². The van der Waals surface area contributed by atoms with Crippen LogP contribution in [0.5, 0.6) is 0 Å². The molecule has 1 heterocycles. The maximum absolute atomic E-state index is 11.7. The lowest BCUT2D eigenvalue weighted by molar-refractivity contribution is 0.920. The quantitative estimate of drug-likeness (QED) is 0.525. The number of fused-ring (bicyclic) bond motifs is 3. The highest BCUT2D eigenvalue weighted by atomic mass is 16.1. The van der Waals surface area contributed by atoms with E-state index >= 15 is 0 Å². The molecule has 3 aromatic rings. The fourth-order valence-electron chi connectivity index (χ4n) is 2.38. The second-order valence-electron chi connectivity index (χ2n) is 4.68. The highest BCUT2D eigenvalue weighted by Crippen LogP contribution is 2.31. The van der Waals surface area contributed by atoms with Crippen LogP contribution in [0.25, 0.3) is 21.7 Å². The molecule has 0 saturated carbocycles. The van der Waals surface area contributed by atoms with Crippen LogP contribution in [0.15, 0.2) is 41.3 Å². The average molecular weight is 254 g/mol. The van der Waals surface area contributed by atoms with Gasteiger partial charge in [-0.15, -0.1) is 0 Å². The molecule has 19 heavy (non-hydrogen) atoms. The molecule has 0 aliphatic rings. The van der Waals surface area contributed by atoms with Gasteiger partial charge >= 0.3 is 5.69 Å². The zero-order valence-corrected chi connectivity index (χ0v) is 10.8. The number of hydrogen-bond donors (Lipinski definition) is 1. The standard InChI is InChI=1S/C14H14N4O/c1-17(2)11-5-3-4-9-6-7-10-8-16-14(19)18(15)13(10)12(9)11/h3-8H,15H2,1-2H3. The third-order valence-electron chi connectivity index (χ3n) is 3.27. The van der Waals surface area contributed by atoms with Crippen LogP contribution in [-0.4, -0.2) is 23.8 Å². The fourth-order valence-corrected chi connectivity index (χ4v) is 2.38. The van der Waals surface area contributed by atoms with Gasteiger partial charge < -0.3 is 10.7 Å². The number of anilines is 1. The lowest BCUT2D eigenvalue weighted by atomic mass is 10.0. The summed E-state index contributed by atoms with van der Waals surface area (Å²) < 4.78 is 1.12. The molecular weight excluding hydrogens is 240 g/mol. The maximum Gasteiger partial charge on any atom is 0.366 e. The van der Waals surface area contributed by atoms with Crippen molar-refractivity contribution in [2.75, 3.05) is 24.8 Å². The van der Waals surface area contributed by atoms with Crippen LogP contribution in [0.1, 0.15) is 0 Å². The number of hydrogen-bond acceptors (Lipinski definition) is 4. The van der Waals surface area contributed by atoms with E-state index in [4.69, 9.17) is 5.84 Å². The molecule has 2 aromatic carbocycles. The van der Waals surface area contributed by atoms with Crippen LogP contribution in [0, 0.1) is 0 Å². The van der Waals surface area contributed by atoms with Gasteiger partial charge in [0.25, 0.3) is 0 Å². The normalized spacial score (nSPS) is 11.1. The average Bonchev–Trinajstić information content (AvgIpc) is 2.41. The minimum Gasteiger partial charge on any atom is -0.377 e. The van der Waals surface area contributed by atoms with Crippen LogP contribution in [-0.2, 0) is 0 Å². The number of aromatic nitrogens is 2. The number of nitrogen functional groups attached to an aromatic ring is 1. The minimum absolute atomic E-state index is 0.450. The summed E-state index contributed by atoms with van der Waals surface area (Å²) in [6.07, 6.45) is 1.56. The summed E-state index contributed by atoms with van der Waals surface area (Å²) in [4.78, 5) is 17.4. The first kappa shape index (κ1) is 11.5. The Bertz CT molecular complexity index is 836. The summed E-state index contributed by atoms with van der Waals surface area (Å²) in [5, 5.41) is 2.86. The maximum atomic E-state index is 11.7. The molecule has 0 unspecified atom stereocenters. The Hall–Kier alpha value is -2.56. The van der Waals surface area contributed by atoms with E-state index in [0.717, 1.165) is 26.5 Å². The van der Waals surface area contributed by atoms with E-state index in [1.54, 1.807) is 6.20 Å². The zero-order chi connectivity index (χ0) is 13.6. The largest absolute Gasteiger partial charge is 0.377 e. The SMILES string of the molecule is CN(C)c1cccc2ccc3cnc(=O)n(N)c3c12. The Morgan fingerprint density at radius 3 is 2.63 bits per heavy atom. The molecule has 2 N–H and O–H groups in total. The highest BCUT2D eigenvalue weighted by Gasteiger charge is 2.10. The number of nitrogens with zero attached hydrogens (tertiary/aromatic N) is 3. The van der Waals surface area contributed by atoms with E-state index in [-0.39, 0.29) is 0 Å². The Labute approximate surface area is 109 Å². The molecule has 0 saturated heterocycles. The summed E-state index contributed by atoms with van der Waals surface area (Å²) in [6, 6.07) is 9.94. The number of benzene rings is 2. The Kier molecular flexibility index (Phi) is 2.41. The van der Waals surface area contributed by atoms with Gasteiger partial charge in [0, 0.05) is 36.8 Å². The van der Waals surface area contributed by atoms with Crippen LogP contribution in [0.4, 0.5) is 5.69 Å². The van der Waals surface area contributed by atoms with Crippen LogP contribution in [0.2, 0.25) is 0 Å². The van der Waals surface area contributed by atoms with Gasteiger partial charge in [-0.25, -0.2) is 9.47 Å². The van der Waals surface area contributed by atoms with Gasteiger partial charge in [-0.2, -0.15) is 4.98 Å². The van der Waals surface area contributed by atoms with Crippen molar-refractivity contribution in [1.82, 2.24) is 9.66 Å². The molecule has 0 spiro atoms. The van der Waals surface area contributed by atoms with Crippen molar-refractivity contribution >= 4 is 27.4 Å². The van der Waals surface area contributed by atoms with E-state index in [1.165, 1.54) is 0 Å². The highest BCUT2D eigenvalue weighted by molar-refractivity contribution is 6.11. The van der Waals surface area contributed by atoms with Crippen molar-refractivity contribution in [3.8, 4) is 0 Å². The first-order chi connectivity index (χ1) is 9.09.